The molecule has 1 saturated heterocycles. The Morgan fingerprint density at radius 1 is 1.18 bits per heavy atom. The van der Waals surface area contributed by atoms with Crippen molar-refractivity contribution in [2.75, 3.05) is 19.8 Å². The molecular formula is C19H27ClN2O5S. The Kier molecular flexibility index (Phi) is 7.56. The van der Waals surface area contributed by atoms with Gasteiger partial charge in [-0.1, -0.05) is 30.9 Å². The Bertz CT molecular complexity index is 775. The molecule has 1 amide bonds. The molecule has 3 rings (SSSR count). The first-order chi connectivity index (χ1) is 13.4. The van der Waals surface area contributed by atoms with E-state index < -0.39 is 10.0 Å². The average molecular weight is 431 g/mol. The molecule has 1 aromatic carbocycles. The van der Waals surface area contributed by atoms with Crippen LogP contribution in [0.15, 0.2) is 23.1 Å². The summed E-state index contributed by atoms with van der Waals surface area (Å²) in [7, 11) is -3.63. The van der Waals surface area contributed by atoms with Crippen LogP contribution in [0.5, 0.6) is 5.75 Å². The second kappa shape index (κ2) is 9.91. The molecule has 156 valence electrons. The van der Waals surface area contributed by atoms with Crippen LogP contribution in [0.1, 0.15) is 44.9 Å². The molecule has 28 heavy (non-hydrogen) atoms. The highest BCUT2D eigenvalue weighted by Gasteiger charge is 2.23. The van der Waals surface area contributed by atoms with Crippen LogP contribution in [0.3, 0.4) is 0 Å². The number of amides is 1. The molecule has 7 nitrogen and oxygen atoms in total. The molecule has 2 N–H and O–H groups in total. The topological polar surface area (TPSA) is 93.7 Å². The number of nitrogens with one attached hydrogen (secondary N) is 2. The minimum absolute atomic E-state index is 0.0269. The maximum atomic E-state index is 12.6. The van der Waals surface area contributed by atoms with Crippen molar-refractivity contribution in [1.82, 2.24) is 10.0 Å². The molecule has 1 aliphatic heterocycles. The Balaban J connectivity index is 1.52. The van der Waals surface area contributed by atoms with Gasteiger partial charge in [0.1, 0.15) is 5.75 Å². The van der Waals surface area contributed by atoms with Crippen LogP contribution in [0.25, 0.3) is 0 Å². The summed E-state index contributed by atoms with van der Waals surface area (Å²) in [6.07, 6.45) is 6.95. The van der Waals surface area contributed by atoms with Gasteiger partial charge in [0.15, 0.2) is 6.61 Å². The molecule has 1 aliphatic carbocycles. The number of benzene rings is 1. The first-order valence-corrected chi connectivity index (χ1v) is 11.6. The lowest BCUT2D eigenvalue weighted by Crippen LogP contribution is -2.36. The van der Waals surface area contributed by atoms with E-state index in [1.54, 1.807) is 0 Å². The van der Waals surface area contributed by atoms with Gasteiger partial charge >= 0.3 is 0 Å². The molecule has 0 unspecified atom stereocenters. The lowest BCUT2D eigenvalue weighted by molar-refractivity contribution is -0.123. The van der Waals surface area contributed by atoms with Gasteiger partial charge < -0.3 is 14.8 Å². The van der Waals surface area contributed by atoms with Crippen LogP contribution in [-0.4, -0.2) is 46.2 Å². The maximum absolute atomic E-state index is 12.6. The third-order valence-corrected chi connectivity index (χ3v) is 6.86. The maximum Gasteiger partial charge on any atom is 0.258 e. The Morgan fingerprint density at radius 2 is 1.96 bits per heavy atom. The monoisotopic (exact) mass is 430 g/mol. The van der Waals surface area contributed by atoms with Crippen molar-refractivity contribution >= 4 is 27.5 Å². The van der Waals surface area contributed by atoms with E-state index in [1.807, 2.05) is 0 Å². The van der Waals surface area contributed by atoms with Gasteiger partial charge in [-0.2, -0.15) is 0 Å². The summed E-state index contributed by atoms with van der Waals surface area (Å²) in [5, 5.41) is 2.91. The molecule has 0 spiro atoms. The highest BCUT2D eigenvalue weighted by molar-refractivity contribution is 7.89. The number of rotatable bonds is 8. The van der Waals surface area contributed by atoms with Crippen LogP contribution in [0, 0.1) is 0 Å². The van der Waals surface area contributed by atoms with E-state index in [2.05, 4.69) is 10.0 Å². The second-order valence-corrected chi connectivity index (χ2v) is 9.40. The lowest BCUT2D eigenvalue weighted by Gasteiger charge is -2.22. The number of hydrogen-bond donors (Lipinski definition) is 2. The number of carbonyl (C=O) groups excluding carboxylic acids is 1. The van der Waals surface area contributed by atoms with E-state index in [0.717, 1.165) is 51.6 Å². The van der Waals surface area contributed by atoms with Gasteiger partial charge in [-0.15, -0.1) is 0 Å². The normalized spacial score (nSPS) is 20.8. The van der Waals surface area contributed by atoms with Gasteiger partial charge in [-0.3, -0.25) is 4.79 Å². The van der Waals surface area contributed by atoms with Gasteiger partial charge in [0.25, 0.3) is 5.91 Å². The molecule has 0 aromatic heterocycles. The largest absolute Gasteiger partial charge is 0.482 e. The molecule has 1 atom stereocenters. The van der Waals surface area contributed by atoms with E-state index in [4.69, 9.17) is 21.1 Å². The number of ether oxygens (including phenoxy) is 2. The Morgan fingerprint density at radius 3 is 2.64 bits per heavy atom. The molecule has 1 saturated carbocycles. The van der Waals surface area contributed by atoms with Gasteiger partial charge in [0.2, 0.25) is 10.0 Å². The minimum Gasteiger partial charge on any atom is -0.482 e. The van der Waals surface area contributed by atoms with Crippen LogP contribution >= 0.6 is 11.6 Å². The third-order valence-electron chi connectivity index (χ3n) is 5.05. The van der Waals surface area contributed by atoms with Crippen LogP contribution < -0.4 is 14.8 Å². The van der Waals surface area contributed by atoms with Gasteiger partial charge in [-0.05, 0) is 43.9 Å². The highest BCUT2D eigenvalue weighted by Crippen LogP contribution is 2.28. The second-order valence-electron chi connectivity index (χ2n) is 7.28. The van der Waals surface area contributed by atoms with E-state index in [-0.39, 0.29) is 40.3 Å². The smallest absolute Gasteiger partial charge is 0.258 e. The zero-order valence-electron chi connectivity index (χ0n) is 15.8. The standard InChI is InChI=1S/C19H27ClN2O5S/c20-17-11-16(28(24,25)22-14-5-2-1-3-6-14)8-9-18(17)27-13-19(23)21-12-15-7-4-10-26-15/h8-9,11,14-15,22H,1-7,10,12-13H2,(H,21,23)/t15-/m1/s1. The van der Waals surface area contributed by atoms with E-state index in [1.165, 1.54) is 18.2 Å². The van der Waals surface area contributed by atoms with Gasteiger partial charge in [0, 0.05) is 19.2 Å². The molecule has 1 heterocycles. The number of hydrogen-bond acceptors (Lipinski definition) is 5. The molecule has 2 fully saturated rings. The fourth-order valence-electron chi connectivity index (χ4n) is 3.50. The van der Waals surface area contributed by atoms with Gasteiger partial charge in [0.05, 0.1) is 16.0 Å². The van der Waals surface area contributed by atoms with Crippen molar-refractivity contribution in [3.05, 3.63) is 23.2 Å². The average Bonchev–Trinajstić information content (AvgIpc) is 3.19. The summed E-state index contributed by atoms with van der Waals surface area (Å²) in [4.78, 5) is 12.0. The number of carbonyl (C=O) groups is 1. The lowest BCUT2D eigenvalue weighted by atomic mass is 9.96. The van der Waals surface area contributed by atoms with Crippen molar-refractivity contribution in [2.45, 2.75) is 62.0 Å². The van der Waals surface area contributed by atoms with Crippen molar-refractivity contribution < 1.29 is 22.7 Å². The summed E-state index contributed by atoms with van der Waals surface area (Å²) >= 11 is 6.17. The highest BCUT2D eigenvalue weighted by atomic mass is 35.5. The first kappa shape index (κ1) is 21.4. The van der Waals surface area contributed by atoms with E-state index >= 15 is 0 Å². The third kappa shape index (κ3) is 6.07. The summed E-state index contributed by atoms with van der Waals surface area (Å²) < 4.78 is 38.7. The first-order valence-electron chi connectivity index (χ1n) is 9.77. The number of halogens is 1. The van der Waals surface area contributed by atoms with Crippen LogP contribution in [-0.2, 0) is 19.6 Å². The molecule has 9 heteroatoms. The summed E-state index contributed by atoms with van der Waals surface area (Å²) in [6.45, 7) is 0.996. The predicted octanol–water partition coefficient (Wildman–Crippen LogP) is 2.63. The molecule has 0 radical (unpaired) electrons. The molecule has 0 bridgehead atoms. The number of sulfonamides is 1. The van der Waals surface area contributed by atoms with Gasteiger partial charge in [-0.25, -0.2) is 13.1 Å². The van der Waals surface area contributed by atoms with Crippen LogP contribution in [0.2, 0.25) is 5.02 Å². The summed E-state index contributed by atoms with van der Waals surface area (Å²) in [5.41, 5.74) is 0. The zero-order valence-corrected chi connectivity index (χ0v) is 17.4. The van der Waals surface area contributed by atoms with Crippen molar-refractivity contribution in [1.29, 1.82) is 0 Å². The quantitative estimate of drug-likeness (QED) is 0.661. The fraction of sp³-hybridized carbons (Fsp3) is 0.632. The van der Waals surface area contributed by atoms with Crippen molar-refractivity contribution in [2.24, 2.45) is 0 Å². The van der Waals surface area contributed by atoms with Crippen molar-refractivity contribution in [3.8, 4) is 5.75 Å². The SMILES string of the molecule is O=C(COc1ccc(S(=O)(=O)NC2CCCCC2)cc1Cl)NC[C@H]1CCCO1. The minimum atomic E-state index is -3.63. The zero-order chi connectivity index (χ0) is 20.0. The molecule has 2 aliphatic rings. The van der Waals surface area contributed by atoms with E-state index in [9.17, 15) is 13.2 Å². The Labute approximate surface area is 171 Å². The summed E-state index contributed by atoms with van der Waals surface area (Å²) in [6, 6.07) is 4.25. The Hall–Kier alpha value is -1.35. The van der Waals surface area contributed by atoms with E-state index in [0.29, 0.717) is 6.54 Å². The summed E-state index contributed by atoms with van der Waals surface area (Å²) in [5.74, 6) is -0.00669. The predicted molar refractivity (Wildman–Crippen MR) is 106 cm³/mol. The van der Waals surface area contributed by atoms with Crippen LogP contribution in [0.4, 0.5) is 0 Å². The molecule has 1 aromatic rings. The molecular weight excluding hydrogens is 404 g/mol. The van der Waals surface area contributed by atoms with Crippen molar-refractivity contribution in [3.63, 3.8) is 0 Å². The fourth-order valence-corrected chi connectivity index (χ4v) is 5.13.